The lowest BCUT2D eigenvalue weighted by Gasteiger charge is -2.29. The van der Waals surface area contributed by atoms with Crippen molar-refractivity contribution < 1.29 is 14.7 Å². The number of nitrogens with two attached hydrogens (primary N) is 1. The first-order valence-corrected chi connectivity index (χ1v) is 7.33. The molecule has 1 aromatic carbocycles. The molecule has 0 atom stereocenters. The molecule has 0 unspecified atom stereocenters. The second-order valence-electron chi connectivity index (χ2n) is 5.70. The topological polar surface area (TPSA) is 86.9 Å². The van der Waals surface area contributed by atoms with Crippen LogP contribution in [0.15, 0.2) is 24.3 Å². The van der Waals surface area contributed by atoms with Crippen molar-refractivity contribution in [2.75, 3.05) is 32.9 Å². The van der Waals surface area contributed by atoms with Gasteiger partial charge < -0.3 is 15.7 Å². The lowest BCUT2D eigenvalue weighted by Crippen LogP contribution is -2.35. The maximum Gasteiger partial charge on any atom is 0.306 e. The Morgan fingerprint density at radius 3 is 2.23 bits per heavy atom. The first-order valence-electron chi connectivity index (χ1n) is 7.33. The van der Waals surface area contributed by atoms with Gasteiger partial charge in [-0.05, 0) is 43.6 Å². The van der Waals surface area contributed by atoms with E-state index in [0.29, 0.717) is 0 Å². The number of nitrogens with zero attached hydrogens (tertiary/aromatic N) is 2. The van der Waals surface area contributed by atoms with Gasteiger partial charge >= 0.3 is 5.97 Å². The fourth-order valence-corrected chi connectivity index (χ4v) is 2.22. The van der Waals surface area contributed by atoms with E-state index in [0.717, 1.165) is 44.6 Å². The Morgan fingerprint density at radius 1 is 1.32 bits per heavy atom. The zero-order valence-corrected chi connectivity index (χ0v) is 13.2. The van der Waals surface area contributed by atoms with E-state index in [2.05, 4.69) is 4.90 Å². The Balaban J connectivity index is 0.000000422. The number of benzene rings is 1. The van der Waals surface area contributed by atoms with Gasteiger partial charge in [0.25, 0.3) is 0 Å². The van der Waals surface area contributed by atoms with E-state index in [1.165, 1.54) is 10.5 Å². The standard InChI is InChI=1S/C13H18N2O2.C3H7NO/c14-12-3-1-10(2-4-12)9-15-7-5-11(6-8-15)13(16)17;1-4(2)3-5/h1-4,11H,5-9,14H2,(H,16,17);3H,1-2H3. The molecule has 122 valence electrons. The predicted molar refractivity (Wildman–Crippen MR) is 86.2 cm³/mol. The molecule has 0 saturated carbocycles. The van der Waals surface area contributed by atoms with Gasteiger partial charge in [-0.2, -0.15) is 0 Å². The van der Waals surface area contributed by atoms with Gasteiger partial charge in [-0.3, -0.25) is 14.5 Å². The third kappa shape index (κ3) is 6.58. The third-order valence-corrected chi connectivity index (χ3v) is 3.53. The number of carboxylic acid groups (broad SMARTS) is 1. The first kappa shape index (κ1) is 18.0. The number of carbonyl (C=O) groups excluding carboxylic acids is 1. The van der Waals surface area contributed by atoms with Gasteiger partial charge in [-0.15, -0.1) is 0 Å². The van der Waals surface area contributed by atoms with Crippen molar-refractivity contribution in [3.8, 4) is 0 Å². The Hall–Kier alpha value is -2.08. The normalized spacial score (nSPS) is 15.5. The summed E-state index contributed by atoms with van der Waals surface area (Å²) in [6, 6.07) is 7.86. The van der Waals surface area contributed by atoms with E-state index < -0.39 is 5.97 Å². The van der Waals surface area contributed by atoms with Crippen molar-refractivity contribution in [3.05, 3.63) is 29.8 Å². The number of nitrogen functional groups attached to an aromatic ring is 1. The quantitative estimate of drug-likeness (QED) is 0.646. The Morgan fingerprint density at radius 2 is 1.82 bits per heavy atom. The van der Waals surface area contributed by atoms with E-state index in [9.17, 15) is 9.59 Å². The highest BCUT2D eigenvalue weighted by Gasteiger charge is 2.24. The molecule has 1 heterocycles. The number of amides is 1. The zero-order valence-electron chi connectivity index (χ0n) is 13.2. The fraction of sp³-hybridized carbons (Fsp3) is 0.500. The van der Waals surface area contributed by atoms with Gasteiger partial charge in [-0.25, -0.2) is 0 Å². The minimum atomic E-state index is -0.655. The Kier molecular flexibility index (Phi) is 7.39. The van der Waals surface area contributed by atoms with Crippen LogP contribution >= 0.6 is 0 Å². The van der Waals surface area contributed by atoms with Crippen molar-refractivity contribution in [1.82, 2.24) is 9.80 Å². The van der Waals surface area contributed by atoms with E-state index in [1.54, 1.807) is 14.1 Å². The number of likely N-dealkylation sites (tertiary alicyclic amines) is 1. The lowest BCUT2D eigenvalue weighted by molar-refractivity contribution is -0.143. The van der Waals surface area contributed by atoms with Crippen molar-refractivity contribution in [2.45, 2.75) is 19.4 Å². The summed E-state index contributed by atoms with van der Waals surface area (Å²) >= 11 is 0. The zero-order chi connectivity index (χ0) is 16.5. The van der Waals surface area contributed by atoms with Crippen LogP contribution in [0.25, 0.3) is 0 Å². The SMILES string of the molecule is CN(C)C=O.Nc1ccc(CN2CCC(C(=O)O)CC2)cc1. The summed E-state index contributed by atoms with van der Waals surface area (Å²) in [6.45, 7) is 2.61. The molecular weight excluding hydrogens is 282 g/mol. The molecule has 1 saturated heterocycles. The predicted octanol–water partition coefficient (Wildman–Crippen LogP) is 1.27. The monoisotopic (exact) mass is 307 g/mol. The molecule has 1 fully saturated rings. The second kappa shape index (κ2) is 9.04. The van der Waals surface area contributed by atoms with Gasteiger partial charge in [-0.1, -0.05) is 12.1 Å². The Bertz CT molecular complexity index is 466. The van der Waals surface area contributed by atoms with Crippen LogP contribution in [0.3, 0.4) is 0 Å². The molecule has 3 N–H and O–H groups in total. The van der Waals surface area contributed by atoms with Crippen molar-refractivity contribution in [1.29, 1.82) is 0 Å². The highest BCUT2D eigenvalue weighted by molar-refractivity contribution is 5.70. The van der Waals surface area contributed by atoms with Gasteiger partial charge in [0, 0.05) is 26.3 Å². The molecule has 1 aromatic rings. The summed E-state index contributed by atoms with van der Waals surface area (Å²) in [5, 5.41) is 8.91. The molecule has 6 heteroatoms. The van der Waals surface area contributed by atoms with Crippen LogP contribution < -0.4 is 5.73 Å². The number of aliphatic carboxylic acids is 1. The molecule has 0 aromatic heterocycles. The minimum Gasteiger partial charge on any atom is -0.481 e. The minimum absolute atomic E-state index is 0.155. The van der Waals surface area contributed by atoms with Gasteiger partial charge in [0.15, 0.2) is 0 Å². The van der Waals surface area contributed by atoms with Crippen molar-refractivity contribution >= 4 is 18.1 Å². The third-order valence-electron chi connectivity index (χ3n) is 3.53. The first-order chi connectivity index (χ1) is 10.4. The lowest BCUT2D eigenvalue weighted by atomic mass is 9.97. The molecule has 2 rings (SSSR count). The Labute approximate surface area is 131 Å². The molecule has 1 aliphatic rings. The van der Waals surface area contributed by atoms with E-state index in [1.807, 2.05) is 24.3 Å². The number of carboxylic acids is 1. The van der Waals surface area contributed by atoms with Crippen LogP contribution in [0.2, 0.25) is 0 Å². The van der Waals surface area contributed by atoms with Crippen LogP contribution in [-0.4, -0.2) is 54.5 Å². The molecule has 22 heavy (non-hydrogen) atoms. The molecule has 0 aliphatic carbocycles. The van der Waals surface area contributed by atoms with Gasteiger partial charge in [0.2, 0.25) is 6.41 Å². The average Bonchev–Trinajstić information content (AvgIpc) is 2.50. The summed E-state index contributed by atoms with van der Waals surface area (Å²) in [4.78, 5) is 24.0. The summed E-state index contributed by atoms with van der Waals surface area (Å²) < 4.78 is 0. The van der Waals surface area contributed by atoms with Crippen molar-refractivity contribution in [2.24, 2.45) is 5.92 Å². The van der Waals surface area contributed by atoms with E-state index in [-0.39, 0.29) is 5.92 Å². The van der Waals surface area contributed by atoms with Crippen LogP contribution in [-0.2, 0) is 16.1 Å². The van der Waals surface area contributed by atoms with Gasteiger partial charge in [0.05, 0.1) is 5.92 Å². The maximum absolute atomic E-state index is 10.8. The summed E-state index contributed by atoms with van der Waals surface area (Å²) in [5.41, 5.74) is 7.64. The highest BCUT2D eigenvalue weighted by Crippen LogP contribution is 2.19. The molecule has 0 radical (unpaired) electrons. The van der Waals surface area contributed by atoms with Crippen LogP contribution in [0.1, 0.15) is 18.4 Å². The summed E-state index contributed by atoms with van der Waals surface area (Å²) in [7, 11) is 3.38. The van der Waals surface area contributed by atoms with Gasteiger partial charge in [0.1, 0.15) is 0 Å². The second-order valence-corrected chi connectivity index (χ2v) is 5.70. The molecule has 1 aliphatic heterocycles. The number of anilines is 1. The highest BCUT2D eigenvalue weighted by atomic mass is 16.4. The number of hydrogen-bond donors (Lipinski definition) is 2. The fourth-order valence-electron chi connectivity index (χ4n) is 2.22. The van der Waals surface area contributed by atoms with Crippen LogP contribution in [0, 0.1) is 5.92 Å². The average molecular weight is 307 g/mol. The van der Waals surface area contributed by atoms with E-state index >= 15 is 0 Å². The summed E-state index contributed by atoms with van der Waals surface area (Å²) in [5.74, 6) is -0.810. The number of rotatable bonds is 4. The van der Waals surface area contributed by atoms with Crippen LogP contribution in [0.4, 0.5) is 5.69 Å². The molecule has 6 nitrogen and oxygen atoms in total. The summed E-state index contributed by atoms with van der Waals surface area (Å²) in [6.07, 6.45) is 2.26. The molecular formula is C16H25N3O3. The van der Waals surface area contributed by atoms with E-state index in [4.69, 9.17) is 10.8 Å². The largest absolute Gasteiger partial charge is 0.481 e. The number of carbonyl (C=O) groups is 2. The van der Waals surface area contributed by atoms with Crippen molar-refractivity contribution in [3.63, 3.8) is 0 Å². The molecule has 1 amide bonds. The smallest absolute Gasteiger partial charge is 0.306 e. The van der Waals surface area contributed by atoms with Crippen LogP contribution in [0.5, 0.6) is 0 Å². The molecule has 0 bridgehead atoms. The number of hydrogen-bond acceptors (Lipinski definition) is 4. The maximum atomic E-state index is 10.8. The number of piperidine rings is 1. The molecule has 0 spiro atoms.